The van der Waals surface area contributed by atoms with E-state index in [1.165, 1.54) is 13.8 Å². The lowest BCUT2D eigenvalue weighted by Crippen LogP contribution is -2.72. The third-order valence-corrected chi connectivity index (χ3v) is 28.8. The Balaban J connectivity index is 0.743. The summed E-state index contributed by atoms with van der Waals surface area (Å²) in [6, 6.07) is 0. The van der Waals surface area contributed by atoms with Crippen LogP contribution in [-0.4, -0.2) is 413 Å². The summed E-state index contributed by atoms with van der Waals surface area (Å²) < 4.78 is 83.4. The smallest absolute Gasteiger partial charge is 0.187 e. The molecule has 0 bridgehead atoms. The fourth-order valence-corrected chi connectivity index (χ4v) is 21.3. The average Bonchev–Trinajstić information content (AvgIpc) is 1.64. The second kappa shape index (κ2) is 35.2. The Morgan fingerprint density at radius 2 is 0.726 bits per heavy atom. The summed E-state index contributed by atoms with van der Waals surface area (Å²) in [5.74, 6) is -0.127. The summed E-state index contributed by atoms with van der Waals surface area (Å²) in [5, 5.41) is 275. The van der Waals surface area contributed by atoms with Gasteiger partial charge in [0.15, 0.2) is 44.0 Å². The number of aliphatic hydroxyl groups is 25. The Hall–Kier alpha value is -1.82. The molecule has 45 atom stereocenters. The Bertz CT molecular complexity index is 3110. The molecule has 7 saturated heterocycles. The van der Waals surface area contributed by atoms with Crippen molar-refractivity contribution in [3.8, 4) is 0 Å². The topological polar surface area (TPSA) is 635 Å². The molecule has 3 saturated carbocycles. The lowest BCUT2D eigenvalue weighted by molar-refractivity contribution is -0.393. The van der Waals surface area contributed by atoms with Crippen molar-refractivity contribution in [2.45, 2.75) is 359 Å². The van der Waals surface area contributed by atoms with Gasteiger partial charge in [0, 0.05) is 10.8 Å². The number of fused-ring (bicyclic) bond motifs is 5. The third kappa shape index (κ3) is 16.0. The van der Waals surface area contributed by atoms with Crippen LogP contribution in [0, 0.1) is 44.3 Å². The molecule has 0 spiro atoms. The molecule has 7 aliphatic heterocycles. The molecule has 0 aromatic carbocycles. The zero-order valence-electron chi connectivity index (χ0n) is 65.2. The molecule has 39 heteroatoms. The van der Waals surface area contributed by atoms with Crippen molar-refractivity contribution in [1.29, 1.82) is 0 Å². The summed E-state index contributed by atoms with van der Waals surface area (Å²) in [6.07, 6.45) is -60.2. The van der Waals surface area contributed by atoms with Gasteiger partial charge in [-0.1, -0.05) is 67.0 Å². The van der Waals surface area contributed by atoms with Crippen molar-refractivity contribution < 1.29 is 194 Å². The molecule has 0 amide bonds. The number of allylic oxidation sites excluding steroid dienone is 1. The van der Waals surface area contributed by atoms with Crippen LogP contribution in [0.4, 0.5) is 0 Å². The Labute approximate surface area is 653 Å². The SMILES string of the molecule is C[C@H](CC[C@@H](OC1O[C@H](CO)[C@@H](OC2O[C@H](CO)[C@@H](O)[C@H](O)[C@H]2O)[C@H](O)[C@H]1OC1O[C@H](CO)[C@@H](O)[C@H](O)[C@H]1O)C(C)(C)O)C1CC[C@@]2(C)[C@]3(C)CC=C4C(C)(C)[C@@H](OC5O[C@H](CO)[C@@H](OC6O[C@H](CO)[C@@H](OC7O[C@H](CO)[C@@H](OC8O[C@H](CO)[C@@H](O)[C@H](O)[C@H]8O)[C@H](O)[C@H]7O)[C@H](O)[C@H]6O)[C@H](O)[C@H]5O)CC[C@@]4(C)[C@]3(C)C(O)C[C@]12C. The minimum Gasteiger partial charge on any atom is -0.394 e. The largest absolute Gasteiger partial charge is 0.394 e. The molecule has 25 N–H and O–H groups in total. The maximum atomic E-state index is 13.3. The highest BCUT2D eigenvalue weighted by molar-refractivity contribution is 5.39. The van der Waals surface area contributed by atoms with Gasteiger partial charge < -0.3 is 194 Å². The van der Waals surface area contributed by atoms with Crippen LogP contribution in [0.15, 0.2) is 11.6 Å². The average molecular weight is 1640 g/mol. The first-order valence-corrected chi connectivity index (χ1v) is 39.3. The molecule has 11 aliphatic rings. The molecular weight excluding hydrogens is 1510 g/mol. The normalized spacial score (nSPS) is 52.9. The summed E-state index contributed by atoms with van der Waals surface area (Å²) >= 11 is 0. The summed E-state index contributed by atoms with van der Waals surface area (Å²) in [7, 11) is 0. The highest BCUT2D eigenvalue weighted by Crippen LogP contribution is 2.82. The predicted molar refractivity (Wildman–Crippen MR) is 375 cm³/mol. The van der Waals surface area contributed by atoms with Crippen LogP contribution in [0.5, 0.6) is 0 Å². The first-order valence-electron chi connectivity index (χ1n) is 39.3. The molecule has 9 unspecified atom stereocenters. The molecule has 113 heavy (non-hydrogen) atoms. The van der Waals surface area contributed by atoms with E-state index in [4.69, 9.17) is 66.3 Å². The van der Waals surface area contributed by atoms with Gasteiger partial charge in [-0.25, -0.2) is 0 Å². The number of aliphatic hydroxyl groups excluding tert-OH is 24. The van der Waals surface area contributed by atoms with E-state index in [9.17, 15) is 128 Å². The second-order valence-corrected chi connectivity index (χ2v) is 35.5. The highest BCUT2D eigenvalue weighted by atomic mass is 16.8. The van der Waals surface area contributed by atoms with E-state index in [0.717, 1.165) is 18.4 Å². The van der Waals surface area contributed by atoms with Gasteiger partial charge >= 0.3 is 0 Å². The number of rotatable bonds is 26. The van der Waals surface area contributed by atoms with Gasteiger partial charge in [-0.05, 0) is 98.7 Å². The van der Waals surface area contributed by atoms with E-state index in [-0.39, 0.29) is 18.3 Å². The van der Waals surface area contributed by atoms with Crippen LogP contribution >= 0.6 is 0 Å². The van der Waals surface area contributed by atoms with Crippen molar-refractivity contribution >= 4 is 0 Å². The quantitative estimate of drug-likeness (QED) is 0.0358. The minimum absolute atomic E-state index is 0.0180. The van der Waals surface area contributed by atoms with Gasteiger partial charge in [0.2, 0.25) is 0 Å². The van der Waals surface area contributed by atoms with Crippen LogP contribution in [0.25, 0.3) is 0 Å². The van der Waals surface area contributed by atoms with E-state index in [2.05, 4.69) is 47.6 Å². The number of ether oxygens (including phenoxy) is 14. The van der Waals surface area contributed by atoms with Crippen molar-refractivity contribution in [1.82, 2.24) is 0 Å². The van der Waals surface area contributed by atoms with Crippen LogP contribution in [-0.2, 0) is 66.3 Å². The molecule has 0 radical (unpaired) electrons. The molecule has 10 fully saturated rings. The molecular formula is C74H126O39. The van der Waals surface area contributed by atoms with E-state index in [1.54, 1.807) is 0 Å². The summed E-state index contributed by atoms with van der Waals surface area (Å²) in [6.45, 7) is 14.1. The molecule has 11 rings (SSSR count). The van der Waals surface area contributed by atoms with Gasteiger partial charge in [0.25, 0.3) is 0 Å². The molecule has 0 aromatic rings. The van der Waals surface area contributed by atoms with Gasteiger partial charge in [-0.2, -0.15) is 0 Å². The lowest BCUT2D eigenvalue weighted by atomic mass is 9.29. The first-order chi connectivity index (χ1) is 52.9. The summed E-state index contributed by atoms with van der Waals surface area (Å²) in [5.41, 5.74) is -4.50. The van der Waals surface area contributed by atoms with Crippen molar-refractivity contribution in [3.05, 3.63) is 11.6 Å². The summed E-state index contributed by atoms with van der Waals surface area (Å²) in [4.78, 5) is 0. The van der Waals surface area contributed by atoms with E-state index < -0.39 is 318 Å². The first kappa shape index (κ1) is 91.9. The molecule has 4 aliphatic carbocycles. The fraction of sp³-hybridized carbons (Fsp3) is 0.973. The van der Waals surface area contributed by atoms with E-state index in [1.807, 2.05) is 13.8 Å². The van der Waals surface area contributed by atoms with Crippen molar-refractivity contribution in [2.24, 2.45) is 44.3 Å². The van der Waals surface area contributed by atoms with Gasteiger partial charge in [0.05, 0.1) is 70.2 Å². The van der Waals surface area contributed by atoms with Crippen LogP contribution in [0.1, 0.15) is 121 Å². The van der Waals surface area contributed by atoms with Crippen LogP contribution in [0.2, 0.25) is 0 Å². The molecule has 0 aromatic heterocycles. The molecule has 7 heterocycles. The Morgan fingerprint density at radius 3 is 1.10 bits per heavy atom. The fourth-order valence-electron chi connectivity index (χ4n) is 21.3. The zero-order valence-corrected chi connectivity index (χ0v) is 65.2. The standard InChI is InChI=1S/C74H126O39/c1-27(11-12-39(69(4,5)99)108-67-60(113-64-51(94)45(88)42(85)31(22-77)102-64)55(98)59(35(26-81)106-67)112-63-50(93)44(87)41(84)30(21-76)101-63)28-13-17-72(8)71(28,7)19-37(82)74(10)70(6)16-15-38(68(2,3)36(70)14-18-73(72,74)9)107-61-52(95)46(89)56(32(23-78)103-61)110-65-54(97)48(91)58(34(25-80)105-65)111-66-53(96)47(90)57(33(24-79)104-66)109-62-49(92)43(86)40(83)29(20-75)100-62/h14,27-35,37-67,75-99H,11-13,15-26H2,1-10H3/t27-,28?,29-,30-,31-,32-,33-,34-,35-,37?,38+,39-,40-,41-,42-,43+,44+,45+,46-,47-,48-,49-,50-,51-,52-,53-,54-,55+,56-,57-,58-,59-,60-,61?,62?,63?,64?,65?,66?,67?,70-,71-,72-,73+,74+/m1/s1. The highest BCUT2D eigenvalue weighted by Gasteiger charge is 2.78. The van der Waals surface area contributed by atoms with Crippen molar-refractivity contribution in [2.75, 3.05) is 46.2 Å². The van der Waals surface area contributed by atoms with E-state index in [0.29, 0.717) is 32.1 Å². The third-order valence-electron chi connectivity index (χ3n) is 28.8. The van der Waals surface area contributed by atoms with Crippen LogP contribution in [0.3, 0.4) is 0 Å². The molecule has 656 valence electrons. The Morgan fingerprint density at radius 1 is 0.389 bits per heavy atom. The molecule has 39 nitrogen and oxygen atoms in total. The maximum absolute atomic E-state index is 13.3. The van der Waals surface area contributed by atoms with Gasteiger partial charge in [-0.15, -0.1) is 0 Å². The predicted octanol–water partition coefficient (Wildman–Crippen LogP) is -8.98. The zero-order chi connectivity index (χ0) is 83.4. The van der Waals surface area contributed by atoms with Crippen molar-refractivity contribution in [3.63, 3.8) is 0 Å². The van der Waals surface area contributed by atoms with Gasteiger partial charge in [-0.3, -0.25) is 0 Å². The minimum atomic E-state index is -2.11. The van der Waals surface area contributed by atoms with Gasteiger partial charge in [0.1, 0.15) is 171 Å². The number of hydrogen-bond acceptors (Lipinski definition) is 39. The Kier molecular flexibility index (Phi) is 28.6. The maximum Gasteiger partial charge on any atom is 0.187 e. The lowest BCUT2D eigenvalue weighted by Gasteiger charge is -2.75. The second-order valence-electron chi connectivity index (χ2n) is 35.5. The van der Waals surface area contributed by atoms with E-state index >= 15 is 0 Å². The van der Waals surface area contributed by atoms with Crippen LogP contribution < -0.4 is 0 Å². The monoisotopic (exact) mass is 1640 g/mol. The number of hydrogen-bond donors (Lipinski definition) is 25.